The lowest BCUT2D eigenvalue weighted by Crippen LogP contribution is -2.32. The summed E-state index contributed by atoms with van der Waals surface area (Å²) in [5, 5.41) is 0. The largest absolute Gasteiger partial charge is 0.341 e. The lowest BCUT2D eigenvalue weighted by Gasteiger charge is -2.16. The van der Waals surface area contributed by atoms with E-state index in [9.17, 15) is 13.6 Å². The average Bonchev–Trinajstić information content (AvgIpc) is 2.34. The molecule has 1 aromatic rings. The van der Waals surface area contributed by atoms with E-state index in [-0.39, 0.29) is 0 Å². The van der Waals surface area contributed by atoms with Crippen molar-refractivity contribution in [2.24, 2.45) is 0 Å². The molecule has 0 bridgehead atoms. The summed E-state index contributed by atoms with van der Waals surface area (Å²) in [7, 11) is 1.41. The van der Waals surface area contributed by atoms with Crippen molar-refractivity contribution < 1.29 is 13.6 Å². The summed E-state index contributed by atoms with van der Waals surface area (Å²) >= 11 is 0. The van der Waals surface area contributed by atoms with Crippen molar-refractivity contribution >= 4 is 5.91 Å². The molecule has 17 heavy (non-hydrogen) atoms. The number of benzene rings is 1. The fraction of sp³-hybridized carbons (Fsp3) is 0.462. The van der Waals surface area contributed by atoms with Crippen LogP contribution in [0.1, 0.15) is 18.4 Å². The smallest absolute Gasteiger partial charge is 0.315 e. The minimum absolute atomic E-state index is 0.385. The number of amides is 1. The van der Waals surface area contributed by atoms with E-state index in [0.29, 0.717) is 6.54 Å². The molecule has 2 nitrogen and oxygen atoms in total. The third-order valence-corrected chi connectivity index (χ3v) is 2.61. The highest BCUT2D eigenvalue weighted by Crippen LogP contribution is 2.06. The van der Waals surface area contributed by atoms with Crippen LogP contribution in [0, 0.1) is 0 Å². The SMILES string of the molecule is CN(CCCCc1ccccc1)C(=O)C(F)F. The second-order valence-corrected chi connectivity index (χ2v) is 4.00. The van der Waals surface area contributed by atoms with Gasteiger partial charge in [-0.25, -0.2) is 0 Å². The van der Waals surface area contributed by atoms with Gasteiger partial charge in [0.2, 0.25) is 0 Å². The Morgan fingerprint density at radius 3 is 2.47 bits per heavy atom. The van der Waals surface area contributed by atoms with Gasteiger partial charge >= 0.3 is 6.43 Å². The van der Waals surface area contributed by atoms with Gasteiger partial charge in [-0.1, -0.05) is 30.3 Å². The molecule has 1 rings (SSSR count). The fourth-order valence-corrected chi connectivity index (χ4v) is 1.60. The number of unbranched alkanes of at least 4 members (excludes halogenated alkanes) is 1. The van der Waals surface area contributed by atoms with Gasteiger partial charge in [0.25, 0.3) is 5.91 Å². The van der Waals surface area contributed by atoms with Gasteiger partial charge in [0.1, 0.15) is 0 Å². The molecule has 0 aliphatic carbocycles. The molecule has 0 aromatic heterocycles. The van der Waals surface area contributed by atoms with Gasteiger partial charge in [-0.3, -0.25) is 4.79 Å². The molecule has 0 N–H and O–H groups in total. The quantitative estimate of drug-likeness (QED) is 0.701. The highest BCUT2D eigenvalue weighted by atomic mass is 19.3. The molecule has 0 heterocycles. The number of carbonyl (C=O) groups excluding carboxylic acids is 1. The number of alkyl halides is 2. The van der Waals surface area contributed by atoms with Crippen LogP contribution >= 0.6 is 0 Å². The molecule has 0 spiro atoms. The van der Waals surface area contributed by atoms with Gasteiger partial charge in [-0.15, -0.1) is 0 Å². The molecular formula is C13H17F2NO. The lowest BCUT2D eigenvalue weighted by atomic mass is 10.1. The zero-order valence-electron chi connectivity index (χ0n) is 9.90. The van der Waals surface area contributed by atoms with Gasteiger partial charge < -0.3 is 4.90 Å². The Hall–Kier alpha value is -1.45. The van der Waals surface area contributed by atoms with Crippen molar-refractivity contribution in [2.45, 2.75) is 25.7 Å². The van der Waals surface area contributed by atoms with Gasteiger partial charge in [-0.2, -0.15) is 8.78 Å². The second kappa shape index (κ2) is 6.99. The second-order valence-electron chi connectivity index (χ2n) is 4.00. The van der Waals surface area contributed by atoms with Gasteiger partial charge in [-0.05, 0) is 24.8 Å². The number of halogens is 2. The van der Waals surface area contributed by atoms with E-state index in [2.05, 4.69) is 0 Å². The molecule has 1 aromatic carbocycles. The van der Waals surface area contributed by atoms with E-state index >= 15 is 0 Å². The van der Waals surface area contributed by atoms with Crippen LogP contribution in [0.25, 0.3) is 0 Å². The van der Waals surface area contributed by atoms with Gasteiger partial charge in [0, 0.05) is 13.6 Å². The first-order valence-corrected chi connectivity index (χ1v) is 5.68. The van der Waals surface area contributed by atoms with Crippen molar-refractivity contribution in [3.05, 3.63) is 35.9 Å². The molecule has 0 fully saturated rings. The highest BCUT2D eigenvalue weighted by molar-refractivity contribution is 5.78. The Morgan fingerprint density at radius 2 is 1.88 bits per heavy atom. The molecule has 0 aliphatic heterocycles. The van der Waals surface area contributed by atoms with E-state index in [0.717, 1.165) is 24.2 Å². The number of rotatable bonds is 6. The van der Waals surface area contributed by atoms with Crippen molar-refractivity contribution in [2.75, 3.05) is 13.6 Å². The summed E-state index contributed by atoms with van der Waals surface area (Å²) in [5.74, 6) is -1.09. The Kier molecular flexibility index (Phi) is 5.60. The third-order valence-electron chi connectivity index (χ3n) is 2.61. The van der Waals surface area contributed by atoms with Crippen molar-refractivity contribution in [3.8, 4) is 0 Å². The molecule has 0 radical (unpaired) electrons. The first-order valence-electron chi connectivity index (χ1n) is 5.68. The average molecular weight is 241 g/mol. The van der Waals surface area contributed by atoms with Crippen LogP contribution in [0.4, 0.5) is 8.78 Å². The topological polar surface area (TPSA) is 20.3 Å². The maximum atomic E-state index is 12.1. The molecule has 0 saturated carbocycles. The van der Waals surface area contributed by atoms with E-state index in [1.165, 1.54) is 12.6 Å². The minimum Gasteiger partial charge on any atom is -0.341 e. The third kappa shape index (κ3) is 4.93. The van der Waals surface area contributed by atoms with E-state index < -0.39 is 12.3 Å². The standard InChI is InChI=1S/C13H17F2NO/c1-16(13(17)12(14)15)10-6-5-9-11-7-3-2-4-8-11/h2-4,7-8,12H,5-6,9-10H2,1H3. The molecule has 0 atom stereocenters. The molecular weight excluding hydrogens is 224 g/mol. The first kappa shape index (κ1) is 13.6. The summed E-state index contributed by atoms with van der Waals surface area (Å²) < 4.78 is 24.1. The summed E-state index contributed by atoms with van der Waals surface area (Å²) in [4.78, 5) is 12.0. The number of aryl methyl sites for hydroxylation is 1. The summed E-state index contributed by atoms with van der Waals surface area (Å²) in [6, 6.07) is 9.98. The maximum Gasteiger partial charge on any atom is 0.315 e. The number of nitrogens with zero attached hydrogens (tertiary/aromatic N) is 1. The molecule has 0 aliphatic rings. The predicted octanol–water partition coefficient (Wildman–Crippen LogP) is 2.73. The fourth-order valence-electron chi connectivity index (χ4n) is 1.60. The molecule has 0 saturated heterocycles. The van der Waals surface area contributed by atoms with Crippen molar-refractivity contribution in [1.82, 2.24) is 4.90 Å². The van der Waals surface area contributed by atoms with Crippen LogP contribution in [0.15, 0.2) is 30.3 Å². The van der Waals surface area contributed by atoms with Gasteiger partial charge in [0.15, 0.2) is 0 Å². The Morgan fingerprint density at radius 1 is 1.24 bits per heavy atom. The summed E-state index contributed by atoms with van der Waals surface area (Å²) in [6.45, 7) is 0.385. The van der Waals surface area contributed by atoms with Crippen LogP contribution in [-0.4, -0.2) is 30.8 Å². The molecule has 0 unspecified atom stereocenters. The first-order chi connectivity index (χ1) is 8.11. The van der Waals surface area contributed by atoms with Crippen molar-refractivity contribution in [3.63, 3.8) is 0 Å². The van der Waals surface area contributed by atoms with Crippen LogP contribution in [0.3, 0.4) is 0 Å². The monoisotopic (exact) mass is 241 g/mol. The maximum absolute atomic E-state index is 12.1. The lowest BCUT2D eigenvalue weighted by molar-refractivity contribution is -0.141. The van der Waals surface area contributed by atoms with Crippen LogP contribution < -0.4 is 0 Å². The van der Waals surface area contributed by atoms with E-state index in [1.807, 2.05) is 30.3 Å². The minimum atomic E-state index is -2.89. The Balaban J connectivity index is 2.18. The van der Waals surface area contributed by atoms with Gasteiger partial charge in [0.05, 0.1) is 0 Å². The predicted molar refractivity (Wildman–Crippen MR) is 63.0 cm³/mol. The van der Waals surface area contributed by atoms with Crippen LogP contribution in [-0.2, 0) is 11.2 Å². The molecule has 4 heteroatoms. The van der Waals surface area contributed by atoms with Crippen LogP contribution in [0.5, 0.6) is 0 Å². The van der Waals surface area contributed by atoms with E-state index in [4.69, 9.17) is 0 Å². The molecule has 94 valence electrons. The number of hydrogen-bond donors (Lipinski definition) is 0. The van der Waals surface area contributed by atoms with Crippen LogP contribution in [0.2, 0.25) is 0 Å². The number of carbonyl (C=O) groups is 1. The molecule has 1 amide bonds. The summed E-state index contributed by atoms with van der Waals surface area (Å²) in [6.07, 6.45) is -0.346. The normalized spacial score (nSPS) is 10.6. The zero-order chi connectivity index (χ0) is 12.7. The Bertz CT molecular complexity index is 341. The highest BCUT2D eigenvalue weighted by Gasteiger charge is 2.19. The number of hydrogen-bond acceptors (Lipinski definition) is 1. The van der Waals surface area contributed by atoms with Crippen molar-refractivity contribution in [1.29, 1.82) is 0 Å². The summed E-state index contributed by atoms with van der Waals surface area (Å²) in [5.41, 5.74) is 1.23. The Labute approximate surface area is 100 Å². The zero-order valence-corrected chi connectivity index (χ0v) is 9.90. The van der Waals surface area contributed by atoms with E-state index in [1.54, 1.807) is 0 Å².